The Morgan fingerprint density at radius 2 is 2.10 bits per heavy atom. The van der Waals surface area contributed by atoms with Gasteiger partial charge in [0.1, 0.15) is 11.5 Å². The molecule has 10 heteroatoms. The van der Waals surface area contributed by atoms with Gasteiger partial charge < -0.3 is 20.8 Å². The first kappa shape index (κ1) is 18.8. The lowest BCUT2D eigenvalue weighted by atomic mass is 10.1. The Labute approximate surface area is 166 Å². The second kappa shape index (κ2) is 7.84. The van der Waals surface area contributed by atoms with E-state index in [1.165, 1.54) is 6.20 Å². The van der Waals surface area contributed by atoms with Gasteiger partial charge in [-0.25, -0.2) is 4.98 Å². The lowest BCUT2D eigenvalue weighted by Crippen LogP contribution is -2.21. The Kier molecular flexibility index (Phi) is 5.09. The van der Waals surface area contributed by atoms with Crippen molar-refractivity contribution in [2.75, 3.05) is 18.5 Å². The predicted molar refractivity (Wildman–Crippen MR) is 104 cm³/mol. The Bertz CT molecular complexity index is 1050. The van der Waals surface area contributed by atoms with Crippen LogP contribution in [0.25, 0.3) is 11.4 Å². The maximum Gasteiger partial charge on any atom is 0.273 e. The van der Waals surface area contributed by atoms with Crippen molar-refractivity contribution in [3.8, 4) is 11.4 Å². The summed E-state index contributed by atoms with van der Waals surface area (Å²) in [6.45, 7) is 3.13. The molecule has 0 aliphatic carbocycles. The summed E-state index contributed by atoms with van der Waals surface area (Å²) in [6, 6.07) is 3.77. The molecule has 0 bridgehead atoms. The minimum absolute atomic E-state index is 0.0225. The molecule has 29 heavy (non-hydrogen) atoms. The third-order valence-corrected chi connectivity index (χ3v) is 4.77. The lowest BCUT2D eigenvalue weighted by molar-refractivity contribution is 0.0661. The van der Waals surface area contributed by atoms with E-state index in [-0.39, 0.29) is 23.1 Å². The summed E-state index contributed by atoms with van der Waals surface area (Å²) in [6.07, 6.45) is 6.31. The molecule has 10 nitrogen and oxygen atoms in total. The van der Waals surface area contributed by atoms with Gasteiger partial charge in [0, 0.05) is 36.9 Å². The predicted octanol–water partition coefficient (Wildman–Crippen LogP) is 1.68. The fraction of sp³-hybridized carbons (Fsp3) is 0.316. The van der Waals surface area contributed by atoms with Crippen molar-refractivity contribution in [2.24, 2.45) is 5.73 Å². The van der Waals surface area contributed by atoms with E-state index in [0.29, 0.717) is 19.0 Å². The number of nitrogens with two attached hydrogens (primary N) is 1. The van der Waals surface area contributed by atoms with Crippen LogP contribution in [0.3, 0.4) is 0 Å². The number of hydrogen-bond donors (Lipinski definition) is 3. The van der Waals surface area contributed by atoms with Gasteiger partial charge in [-0.05, 0) is 31.9 Å². The van der Waals surface area contributed by atoms with Crippen LogP contribution < -0.4 is 11.1 Å². The number of amides is 2. The number of rotatable bonds is 5. The number of nitrogens with one attached hydrogen (secondary N) is 2. The van der Waals surface area contributed by atoms with Gasteiger partial charge in [0.2, 0.25) is 0 Å². The lowest BCUT2D eigenvalue weighted by Gasteiger charge is -2.22. The van der Waals surface area contributed by atoms with Gasteiger partial charge in [-0.2, -0.15) is 5.10 Å². The molecule has 0 radical (unpaired) electrons. The molecule has 0 spiro atoms. The molecule has 150 valence electrons. The van der Waals surface area contributed by atoms with Gasteiger partial charge in [-0.1, -0.05) is 0 Å². The summed E-state index contributed by atoms with van der Waals surface area (Å²) in [4.78, 5) is 35.9. The highest BCUT2D eigenvalue weighted by atomic mass is 16.5. The Morgan fingerprint density at radius 1 is 1.31 bits per heavy atom. The normalized spacial score (nSPS) is 14.7. The number of primary amides is 1. The molecule has 0 saturated carbocycles. The molecule has 1 aliphatic heterocycles. The highest BCUT2D eigenvalue weighted by Gasteiger charge is 2.23. The number of H-pyrrole nitrogens is 1. The van der Waals surface area contributed by atoms with Crippen molar-refractivity contribution in [1.29, 1.82) is 0 Å². The van der Waals surface area contributed by atoms with Crippen LogP contribution in [-0.4, -0.2) is 49.8 Å². The van der Waals surface area contributed by atoms with E-state index in [1.54, 1.807) is 23.1 Å². The minimum atomic E-state index is -0.705. The minimum Gasteiger partial charge on any atom is -0.381 e. The van der Waals surface area contributed by atoms with Crippen LogP contribution in [0.15, 0.2) is 30.7 Å². The highest BCUT2D eigenvalue weighted by molar-refractivity contribution is 6.07. The van der Waals surface area contributed by atoms with Crippen molar-refractivity contribution < 1.29 is 14.3 Å². The number of ether oxygens (including phenoxy) is 1. The summed E-state index contributed by atoms with van der Waals surface area (Å²) in [7, 11) is 0. The molecule has 0 unspecified atom stereocenters. The zero-order chi connectivity index (χ0) is 20.4. The van der Waals surface area contributed by atoms with Crippen LogP contribution >= 0.6 is 0 Å². The van der Waals surface area contributed by atoms with Crippen molar-refractivity contribution >= 4 is 17.5 Å². The molecule has 3 aromatic heterocycles. The number of aryl methyl sites for hydroxylation is 1. The van der Waals surface area contributed by atoms with E-state index in [4.69, 9.17) is 10.5 Å². The first-order valence-corrected chi connectivity index (χ1v) is 9.27. The van der Waals surface area contributed by atoms with E-state index in [0.717, 1.165) is 24.1 Å². The van der Waals surface area contributed by atoms with Crippen molar-refractivity contribution in [3.05, 3.63) is 47.8 Å². The molecule has 1 saturated heterocycles. The van der Waals surface area contributed by atoms with Crippen LogP contribution in [0, 0.1) is 6.92 Å². The first-order chi connectivity index (χ1) is 14.0. The average molecular weight is 395 g/mol. The second-order valence-corrected chi connectivity index (χ2v) is 6.86. The molecule has 2 amide bonds. The van der Waals surface area contributed by atoms with Gasteiger partial charge in [-0.15, -0.1) is 0 Å². The topological polar surface area (TPSA) is 141 Å². The van der Waals surface area contributed by atoms with E-state index >= 15 is 0 Å². The van der Waals surface area contributed by atoms with Gasteiger partial charge >= 0.3 is 0 Å². The molecular formula is C19H21N7O3. The molecule has 4 rings (SSSR count). The number of carbonyl (C=O) groups is 2. The van der Waals surface area contributed by atoms with Crippen molar-refractivity contribution in [2.45, 2.75) is 25.8 Å². The Hall–Kier alpha value is -3.53. The van der Waals surface area contributed by atoms with Crippen molar-refractivity contribution in [1.82, 2.24) is 24.7 Å². The molecule has 4 N–H and O–H groups in total. The standard InChI is InChI=1S/C19H21N7O3/c1-11-8-12(2-5-21-11)18-22-9-14(23-18)19(28)24-15-10-26(25-16(15)17(20)27)13-3-6-29-7-4-13/h2,5,8-10,13H,3-4,6-7H2,1H3,(H2,20,27)(H,22,23)(H,24,28). The summed E-state index contributed by atoms with van der Waals surface area (Å²) < 4.78 is 7.03. The van der Waals surface area contributed by atoms with Crippen molar-refractivity contribution in [3.63, 3.8) is 0 Å². The average Bonchev–Trinajstić information content (AvgIpc) is 3.36. The highest BCUT2D eigenvalue weighted by Crippen LogP contribution is 2.24. The summed E-state index contributed by atoms with van der Waals surface area (Å²) in [5.41, 5.74) is 7.66. The number of nitrogens with zero attached hydrogens (tertiary/aromatic N) is 4. The maximum atomic E-state index is 12.7. The zero-order valence-electron chi connectivity index (χ0n) is 15.9. The largest absolute Gasteiger partial charge is 0.381 e. The smallest absolute Gasteiger partial charge is 0.273 e. The number of carbonyl (C=O) groups excluding carboxylic acids is 2. The van der Waals surface area contributed by atoms with Crippen LogP contribution in [0.4, 0.5) is 5.69 Å². The summed E-state index contributed by atoms with van der Waals surface area (Å²) in [5, 5.41) is 6.99. The van der Waals surface area contributed by atoms with Crippen LogP contribution in [-0.2, 0) is 4.74 Å². The Balaban J connectivity index is 1.55. The third kappa shape index (κ3) is 4.02. The second-order valence-electron chi connectivity index (χ2n) is 6.86. The molecule has 0 atom stereocenters. The fourth-order valence-electron chi connectivity index (χ4n) is 3.27. The number of pyridine rings is 1. The molecule has 3 aromatic rings. The molecule has 4 heterocycles. The van der Waals surface area contributed by atoms with E-state index < -0.39 is 11.8 Å². The molecule has 0 aromatic carbocycles. The van der Waals surface area contributed by atoms with Gasteiger partial charge in [0.25, 0.3) is 11.8 Å². The van der Waals surface area contributed by atoms with Crippen LogP contribution in [0.2, 0.25) is 0 Å². The fourth-order valence-corrected chi connectivity index (χ4v) is 3.27. The number of anilines is 1. The molecule has 1 aliphatic rings. The zero-order valence-corrected chi connectivity index (χ0v) is 15.9. The van der Waals surface area contributed by atoms with Crippen LogP contribution in [0.5, 0.6) is 0 Å². The molecule has 1 fully saturated rings. The van der Waals surface area contributed by atoms with Gasteiger partial charge in [0.05, 0.1) is 17.9 Å². The third-order valence-electron chi connectivity index (χ3n) is 4.77. The maximum absolute atomic E-state index is 12.7. The quantitative estimate of drug-likeness (QED) is 0.600. The summed E-state index contributed by atoms with van der Waals surface area (Å²) >= 11 is 0. The first-order valence-electron chi connectivity index (χ1n) is 9.27. The van der Waals surface area contributed by atoms with E-state index in [2.05, 4.69) is 25.4 Å². The van der Waals surface area contributed by atoms with E-state index in [1.807, 2.05) is 13.0 Å². The number of imidazole rings is 1. The molecular weight excluding hydrogens is 374 g/mol. The number of hydrogen-bond acceptors (Lipinski definition) is 6. The SMILES string of the molecule is Cc1cc(-c2ncc(C(=O)Nc3cn(C4CCOCC4)nc3C(N)=O)[nH]2)ccn1. The Morgan fingerprint density at radius 3 is 2.83 bits per heavy atom. The monoisotopic (exact) mass is 395 g/mol. The number of aromatic nitrogens is 5. The summed E-state index contributed by atoms with van der Waals surface area (Å²) in [5.74, 6) is -0.596. The van der Waals surface area contributed by atoms with Crippen LogP contribution in [0.1, 0.15) is 45.6 Å². The van der Waals surface area contributed by atoms with E-state index in [9.17, 15) is 9.59 Å². The number of aromatic amines is 1. The van der Waals surface area contributed by atoms with Gasteiger partial charge in [-0.3, -0.25) is 19.3 Å². The van der Waals surface area contributed by atoms with Gasteiger partial charge in [0.15, 0.2) is 5.69 Å².